The van der Waals surface area contributed by atoms with Crippen molar-refractivity contribution in [1.82, 2.24) is 4.31 Å². The van der Waals surface area contributed by atoms with Gasteiger partial charge in [0.2, 0.25) is 10.0 Å². The largest absolute Gasteiger partial charge is 0.398 e. The Bertz CT molecular complexity index is 604. The number of hydrogen-bond donors (Lipinski definition) is 1. The van der Waals surface area contributed by atoms with Crippen molar-refractivity contribution >= 4 is 31.6 Å². The number of halogens is 5. The van der Waals surface area contributed by atoms with Gasteiger partial charge in [-0.15, -0.1) is 0 Å². The Labute approximate surface area is 121 Å². The predicted molar refractivity (Wildman–Crippen MR) is 69.0 cm³/mol. The van der Waals surface area contributed by atoms with Gasteiger partial charge in [0, 0.05) is 23.8 Å². The molecule has 1 aromatic carbocycles. The maximum absolute atomic E-state index is 13.6. The topological polar surface area (TPSA) is 63.4 Å². The SMILES string of the molecule is CN(CCC(F)(F)F)S(=O)(=O)c1cc(N)c(Br)cc1F. The van der Waals surface area contributed by atoms with Gasteiger partial charge < -0.3 is 5.73 Å². The van der Waals surface area contributed by atoms with Crippen molar-refractivity contribution in [3.05, 3.63) is 22.4 Å². The molecule has 1 rings (SSSR count). The first kappa shape index (κ1) is 17.2. The number of nitrogen functional groups attached to an aromatic ring is 1. The van der Waals surface area contributed by atoms with E-state index in [1.807, 2.05) is 0 Å². The third-order valence-electron chi connectivity index (χ3n) is 2.45. The summed E-state index contributed by atoms with van der Waals surface area (Å²) in [4.78, 5) is -0.761. The first-order chi connectivity index (χ1) is 8.95. The van der Waals surface area contributed by atoms with Gasteiger partial charge in [-0.05, 0) is 28.1 Å². The second-order valence-corrected chi connectivity index (χ2v) is 6.86. The molecule has 0 saturated heterocycles. The highest BCUT2D eigenvalue weighted by molar-refractivity contribution is 9.10. The fourth-order valence-electron chi connectivity index (χ4n) is 1.31. The maximum atomic E-state index is 13.6. The van der Waals surface area contributed by atoms with Crippen LogP contribution in [0.5, 0.6) is 0 Å². The first-order valence-electron chi connectivity index (χ1n) is 5.23. The van der Waals surface area contributed by atoms with Crippen LogP contribution in [-0.4, -0.2) is 32.5 Å². The van der Waals surface area contributed by atoms with Gasteiger partial charge in [0.05, 0.1) is 6.42 Å². The Morgan fingerprint density at radius 2 is 1.90 bits per heavy atom. The number of nitrogens with two attached hydrogens (primary N) is 1. The van der Waals surface area contributed by atoms with Crippen molar-refractivity contribution in [3.63, 3.8) is 0 Å². The molecule has 20 heavy (non-hydrogen) atoms. The van der Waals surface area contributed by atoms with Crippen LogP contribution in [-0.2, 0) is 10.0 Å². The van der Waals surface area contributed by atoms with Crippen molar-refractivity contribution in [2.24, 2.45) is 0 Å². The van der Waals surface area contributed by atoms with Crippen LogP contribution in [0.25, 0.3) is 0 Å². The molecular weight excluding hydrogens is 368 g/mol. The van der Waals surface area contributed by atoms with Crippen molar-refractivity contribution in [2.45, 2.75) is 17.5 Å². The molecule has 0 aliphatic heterocycles. The Kier molecular flexibility index (Phi) is 5.03. The Balaban J connectivity index is 3.08. The van der Waals surface area contributed by atoms with Gasteiger partial charge in [-0.1, -0.05) is 0 Å². The van der Waals surface area contributed by atoms with Crippen LogP contribution in [0, 0.1) is 5.82 Å². The molecule has 2 N–H and O–H groups in total. The lowest BCUT2D eigenvalue weighted by Gasteiger charge is -2.18. The molecule has 114 valence electrons. The first-order valence-corrected chi connectivity index (χ1v) is 7.46. The van der Waals surface area contributed by atoms with E-state index in [1.54, 1.807) is 0 Å². The zero-order valence-electron chi connectivity index (χ0n) is 10.2. The fourth-order valence-corrected chi connectivity index (χ4v) is 2.88. The minimum Gasteiger partial charge on any atom is -0.398 e. The van der Waals surface area contributed by atoms with Crippen molar-refractivity contribution in [1.29, 1.82) is 0 Å². The normalized spacial score (nSPS) is 12.9. The van der Waals surface area contributed by atoms with Crippen LogP contribution in [0.1, 0.15) is 6.42 Å². The molecule has 0 aliphatic carbocycles. The molecule has 0 amide bonds. The molecule has 0 saturated carbocycles. The summed E-state index contributed by atoms with van der Waals surface area (Å²) in [5, 5.41) is 0. The summed E-state index contributed by atoms with van der Waals surface area (Å²) in [6.45, 7) is -0.804. The van der Waals surface area contributed by atoms with Crippen LogP contribution < -0.4 is 5.73 Å². The summed E-state index contributed by atoms with van der Waals surface area (Å²) < 4.78 is 74.4. The van der Waals surface area contributed by atoms with E-state index in [-0.39, 0.29) is 10.2 Å². The lowest BCUT2D eigenvalue weighted by atomic mass is 10.3. The molecule has 10 heteroatoms. The maximum Gasteiger partial charge on any atom is 0.390 e. The molecule has 1 aromatic rings. The van der Waals surface area contributed by atoms with Crippen molar-refractivity contribution in [2.75, 3.05) is 19.3 Å². The van der Waals surface area contributed by atoms with E-state index in [2.05, 4.69) is 15.9 Å². The second-order valence-electron chi connectivity index (χ2n) is 4.00. The van der Waals surface area contributed by atoms with Gasteiger partial charge in [-0.2, -0.15) is 13.2 Å². The minimum atomic E-state index is -4.50. The van der Waals surface area contributed by atoms with E-state index in [0.717, 1.165) is 19.2 Å². The molecule has 0 atom stereocenters. The van der Waals surface area contributed by atoms with E-state index in [9.17, 15) is 26.0 Å². The van der Waals surface area contributed by atoms with Crippen LogP contribution in [0.4, 0.5) is 23.2 Å². The monoisotopic (exact) mass is 378 g/mol. The summed E-state index contributed by atoms with van der Waals surface area (Å²) in [6.07, 6.45) is -5.82. The number of nitrogens with zero attached hydrogens (tertiary/aromatic N) is 1. The zero-order valence-corrected chi connectivity index (χ0v) is 12.6. The number of hydrogen-bond acceptors (Lipinski definition) is 3. The standard InChI is InChI=1S/C10H11BrF4N2O2S/c1-17(3-2-10(13,14)15)20(18,19)9-5-8(16)6(11)4-7(9)12/h4-5H,2-3,16H2,1H3. The molecule has 0 spiro atoms. The number of alkyl halides is 3. The van der Waals surface area contributed by atoms with E-state index in [0.29, 0.717) is 4.31 Å². The van der Waals surface area contributed by atoms with E-state index >= 15 is 0 Å². The number of rotatable bonds is 4. The Morgan fingerprint density at radius 1 is 1.35 bits per heavy atom. The minimum absolute atomic E-state index is 0.0332. The lowest BCUT2D eigenvalue weighted by Crippen LogP contribution is -2.31. The third-order valence-corrected chi connectivity index (χ3v) is 5.01. The number of benzene rings is 1. The highest BCUT2D eigenvalue weighted by atomic mass is 79.9. The number of anilines is 1. The van der Waals surface area contributed by atoms with Gasteiger partial charge >= 0.3 is 6.18 Å². The lowest BCUT2D eigenvalue weighted by molar-refractivity contribution is -0.135. The van der Waals surface area contributed by atoms with Crippen molar-refractivity contribution in [3.8, 4) is 0 Å². The molecule has 0 unspecified atom stereocenters. The quantitative estimate of drug-likeness (QED) is 0.647. The van der Waals surface area contributed by atoms with Gasteiger partial charge in [0.1, 0.15) is 10.7 Å². The number of sulfonamides is 1. The fraction of sp³-hybridized carbons (Fsp3) is 0.400. The van der Waals surface area contributed by atoms with E-state index in [1.165, 1.54) is 0 Å². The van der Waals surface area contributed by atoms with E-state index < -0.39 is 39.9 Å². The average Bonchev–Trinajstić information content (AvgIpc) is 2.29. The summed E-state index contributed by atoms with van der Waals surface area (Å²) in [6, 6.07) is 1.71. The highest BCUT2D eigenvalue weighted by Gasteiger charge is 2.31. The summed E-state index contributed by atoms with van der Waals surface area (Å²) in [7, 11) is -3.43. The molecular formula is C10H11BrF4N2O2S. The zero-order chi connectivity index (χ0) is 15.7. The van der Waals surface area contributed by atoms with Crippen LogP contribution in [0.15, 0.2) is 21.5 Å². The van der Waals surface area contributed by atoms with Crippen LogP contribution >= 0.6 is 15.9 Å². The molecule has 0 bridgehead atoms. The van der Waals surface area contributed by atoms with Crippen LogP contribution in [0.3, 0.4) is 0 Å². The molecule has 0 fully saturated rings. The van der Waals surface area contributed by atoms with Crippen LogP contribution in [0.2, 0.25) is 0 Å². The smallest absolute Gasteiger partial charge is 0.390 e. The van der Waals surface area contributed by atoms with Gasteiger partial charge in [-0.3, -0.25) is 0 Å². The van der Waals surface area contributed by atoms with Crippen molar-refractivity contribution < 1.29 is 26.0 Å². The van der Waals surface area contributed by atoms with Gasteiger partial charge in [0.15, 0.2) is 0 Å². The molecule has 0 aliphatic rings. The molecule has 0 heterocycles. The van der Waals surface area contributed by atoms with E-state index in [4.69, 9.17) is 5.73 Å². The second kappa shape index (κ2) is 5.86. The third kappa shape index (κ3) is 4.06. The van der Waals surface area contributed by atoms with Gasteiger partial charge in [0.25, 0.3) is 0 Å². The van der Waals surface area contributed by atoms with Gasteiger partial charge in [-0.25, -0.2) is 17.1 Å². The summed E-state index contributed by atoms with van der Waals surface area (Å²) in [5.74, 6) is -1.09. The molecule has 4 nitrogen and oxygen atoms in total. The molecule has 0 radical (unpaired) electrons. The summed E-state index contributed by atoms with van der Waals surface area (Å²) in [5.41, 5.74) is 5.42. The highest BCUT2D eigenvalue weighted by Crippen LogP contribution is 2.28. The Morgan fingerprint density at radius 3 is 2.40 bits per heavy atom. The molecule has 0 aromatic heterocycles. The predicted octanol–water partition coefficient (Wildman–Crippen LogP) is 2.74. The summed E-state index contributed by atoms with van der Waals surface area (Å²) >= 11 is 2.92. The average molecular weight is 379 g/mol. The Hall–Kier alpha value is -0.870.